The second-order valence-electron chi connectivity index (χ2n) is 4.09. The SMILES string of the molecule is CC1CCCCC1Nn1cccc1. The highest BCUT2D eigenvalue weighted by atomic mass is 15.4. The lowest BCUT2D eigenvalue weighted by Crippen LogP contribution is -2.35. The van der Waals surface area contributed by atoms with E-state index in [1.807, 2.05) is 0 Å². The summed E-state index contributed by atoms with van der Waals surface area (Å²) in [5, 5.41) is 0. The van der Waals surface area contributed by atoms with Gasteiger partial charge in [0.1, 0.15) is 0 Å². The molecule has 0 radical (unpaired) electrons. The van der Waals surface area contributed by atoms with Crippen LogP contribution < -0.4 is 5.43 Å². The molecular weight excluding hydrogens is 160 g/mol. The summed E-state index contributed by atoms with van der Waals surface area (Å²) in [7, 11) is 0. The van der Waals surface area contributed by atoms with Crippen LogP contribution in [-0.4, -0.2) is 10.7 Å². The van der Waals surface area contributed by atoms with Gasteiger partial charge in [0.15, 0.2) is 0 Å². The molecule has 0 aromatic carbocycles. The summed E-state index contributed by atoms with van der Waals surface area (Å²) in [6.07, 6.45) is 9.62. The Bertz CT molecular complexity index is 241. The maximum atomic E-state index is 3.53. The van der Waals surface area contributed by atoms with Crippen LogP contribution in [0.15, 0.2) is 24.5 Å². The standard InChI is InChI=1S/C11H18N2/c1-10-6-2-3-7-11(10)12-13-8-4-5-9-13/h4-5,8-12H,2-3,6-7H2,1H3. The topological polar surface area (TPSA) is 17.0 Å². The fraction of sp³-hybridized carbons (Fsp3) is 0.636. The molecule has 1 aliphatic rings. The third kappa shape index (κ3) is 2.06. The monoisotopic (exact) mass is 178 g/mol. The Hall–Kier alpha value is -0.920. The van der Waals surface area contributed by atoms with Crippen molar-refractivity contribution in [2.45, 2.75) is 38.6 Å². The number of hydrogen-bond acceptors (Lipinski definition) is 1. The van der Waals surface area contributed by atoms with Gasteiger partial charge in [-0.05, 0) is 30.9 Å². The van der Waals surface area contributed by atoms with Gasteiger partial charge < -0.3 is 5.43 Å². The van der Waals surface area contributed by atoms with Crippen molar-refractivity contribution in [2.75, 3.05) is 5.43 Å². The molecule has 1 aromatic rings. The fourth-order valence-electron chi connectivity index (χ4n) is 2.12. The molecule has 2 heteroatoms. The van der Waals surface area contributed by atoms with E-state index in [0.29, 0.717) is 6.04 Å². The first kappa shape index (κ1) is 8.67. The normalized spacial score (nSPS) is 28.7. The van der Waals surface area contributed by atoms with Crippen LogP contribution >= 0.6 is 0 Å². The van der Waals surface area contributed by atoms with Crippen molar-refractivity contribution < 1.29 is 0 Å². The molecule has 1 aromatic heterocycles. The van der Waals surface area contributed by atoms with Gasteiger partial charge in [0, 0.05) is 18.4 Å². The van der Waals surface area contributed by atoms with E-state index < -0.39 is 0 Å². The Labute approximate surface area is 79.9 Å². The summed E-state index contributed by atoms with van der Waals surface area (Å²) < 4.78 is 2.08. The Kier molecular flexibility index (Phi) is 2.57. The largest absolute Gasteiger partial charge is 0.323 e. The van der Waals surface area contributed by atoms with Crippen LogP contribution in [0.25, 0.3) is 0 Å². The lowest BCUT2D eigenvalue weighted by Gasteiger charge is -2.30. The van der Waals surface area contributed by atoms with Gasteiger partial charge >= 0.3 is 0 Å². The third-order valence-electron chi connectivity index (χ3n) is 3.03. The minimum Gasteiger partial charge on any atom is -0.323 e. The highest BCUT2D eigenvalue weighted by Crippen LogP contribution is 2.24. The Morgan fingerprint density at radius 1 is 1.15 bits per heavy atom. The van der Waals surface area contributed by atoms with Crippen LogP contribution in [-0.2, 0) is 0 Å². The fourth-order valence-corrected chi connectivity index (χ4v) is 2.12. The van der Waals surface area contributed by atoms with E-state index in [-0.39, 0.29) is 0 Å². The van der Waals surface area contributed by atoms with Crippen molar-refractivity contribution in [3.63, 3.8) is 0 Å². The maximum Gasteiger partial charge on any atom is 0.0449 e. The van der Waals surface area contributed by atoms with Crippen molar-refractivity contribution in [2.24, 2.45) is 5.92 Å². The van der Waals surface area contributed by atoms with Crippen molar-refractivity contribution in [3.8, 4) is 0 Å². The molecule has 2 nitrogen and oxygen atoms in total. The third-order valence-corrected chi connectivity index (χ3v) is 3.03. The van der Waals surface area contributed by atoms with Crippen LogP contribution in [0.1, 0.15) is 32.6 Å². The lowest BCUT2D eigenvalue weighted by atomic mass is 9.86. The summed E-state index contributed by atoms with van der Waals surface area (Å²) >= 11 is 0. The molecule has 0 saturated heterocycles. The molecule has 13 heavy (non-hydrogen) atoms. The molecule has 1 N–H and O–H groups in total. The van der Waals surface area contributed by atoms with Gasteiger partial charge in [-0.15, -0.1) is 0 Å². The average molecular weight is 178 g/mol. The zero-order valence-corrected chi connectivity index (χ0v) is 8.24. The predicted molar refractivity (Wildman–Crippen MR) is 55.2 cm³/mol. The van der Waals surface area contributed by atoms with Gasteiger partial charge in [-0.2, -0.15) is 0 Å². The molecule has 1 saturated carbocycles. The van der Waals surface area contributed by atoms with Crippen LogP contribution in [0, 0.1) is 5.92 Å². The minimum atomic E-state index is 0.668. The Balaban J connectivity index is 1.93. The Morgan fingerprint density at radius 2 is 1.85 bits per heavy atom. The second-order valence-corrected chi connectivity index (χ2v) is 4.09. The molecule has 2 atom stereocenters. The van der Waals surface area contributed by atoms with Crippen molar-refractivity contribution in [1.29, 1.82) is 0 Å². The van der Waals surface area contributed by atoms with E-state index >= 15 is 0 Å². The Morgan fingerprint density at radius 3 is 2.54 bits per heavy atom. The first-order chi connectivity index (χ1) is 6.36. The zero-order valence-electron chi connectivity index (χ0n) is 8.24. The molecule has 1 heterocycles. The summed E-state index contributed by atoms with van der Waals surface area (Å²) in [5.74, 6) is 0.816. The molecular formula is C11H18N2. The van der Waals surface area contributed by atoms with E-state index in [9.17, 15) is 0 Å². The average Bonchev–Trinajstić information content (AvgIpc) is 2.61. The van der Waals surface area contributed by atoms with Crippen LogP contribution in [0.4, 0.5) is 0 Å². The molecule has 0 bridgehead atoms. The molecule has 72 valence electrons. The van der Waals surface area contributed by atoms with Gasteiger partial charge in [-0.1, -0.05) is 19.8 Å². The molecule has 0 spiro atoms. The highest BCUT2D eigenvalue weighted by Gasteiger charge is 2.20. The molecule has 2 unspecified atom stereocenters. The molecule has 0 amide bonds. The number of nitrogens with zero attached hydrogens (tertiary/aromatic N) is 1. The van der Waals surface area contributed by atoms with E-state index in [0.717, 1.165) is 5.92 Å². The van der Waals surface area contributed by atoms with Crippen molar-refractivity contribution in [1.82, 2.24) is 4.68 Å². The summed E-state index contributed by atoms with van der Waals surface area (Å²) in [6, 6.07) is 4.78. The van der Waals surface area contributed by atoms with Gasteiger partial charge in [0.25, 0.3) is 0 Å². The molecule has 1 fully saturated rings. The van der Waals surface area contributed by atoms with Gasteiger partial charge in [-0.25, -0.2) is 0 Å². The number of aromatic nitrogens is 1. The molecule has 2 rings (SSSR count). The van der Waals surface area contributed by atoms with E-state index in [1.54, 1.807) is 0 Å². The molecule has 1 aliphatic carbocycles. The second kappa shape index (κ2) is 3.86. The maximum absolute atomic E-state index is 3.53. The van der Waals surface area contributed by atoms with Crippen LogP contribution in [0.3, 0.4) is 0 Å². The van der Waals surface area contributed by atoms with E-state index in [4.69, 9.17) is 0 Å². The van der Waals surface area contributed by atoms with Crippen molar-refractivity contribution >= 4 is 0 Å². The number of rotatable bonds is 2. The number of nitrogens with one attached hydrogen (secondary N) is 1. The van der Waals surface area contributed by atoms with Crippen molar-refractivity contribution in [3.05, 3.63) is 24.5 Å². The summed E-state index contributed by atoms with van der Waals surface area (Å²) in [6.45, 7) is 2.35. The molecule has 0 aliphatic heterocycles. The summed E-state index contributed by atoms with van der Waals surface area (Å²) in [4.78, 5) is 0. The number of hydrogen-bond donors (Lipinski definition) is 1. The van der Waals surface area contributed by atoms with Gasteiger partial charge in [-0.3, -0.25) is 4.68 Å². The minimum absolute atomic E-state index is 0.668. The quantitative estimate of drug-likeness (QED) is 0.736. The lowest BCUT2D eigenvalue weighted by molar-refractivity contribution is 0.332. The van der Waals surface area contributed by atoms with E-state index in [1.165, 1.54) is 25.7 Å². The van der Waals surface area contributed by atoms with Gasteiger partial charge in [0.2, 0.25) is 0 Å². The van der Waals surface area contributed by atoms with E-state index in [2.05, 4.69) is 41.6 Å². The predicted octanol–water partition coefficient (Wildman–Crippen LogP) is 2.61. The zero-order chi connectivity index (χ0) is 9.10. The summed E-state index contributed by atoms with van der Waals surface area (Å²) in [5.41, 5.74) is 3.53. The first-order valence-electron chi connectivity index (χ1n) is 5.26. The van der Waals surface area contributed by atoms with Crippen LogP contribution in [0.5, 0.6) is 0 Å². The highest BCUT2D eigenvalue weighted by molar-refractivity contribution is 4.97. The van der Waals surface area contributed by atoms with Gasteiger partial charge in [0.05, 0.1) is 0 Å². The first-order valence-corrected chi connectivity index (χ1v) is 5.26. The van der Waals surface area contributed by atoms with Crippen LogP contribution in [0.2, 0.25) is 0 Å². The smallest absolute Gasteiger partial charge is 0.0449 e.